The Bertz CT molecular complexity index is 788. The molecular formula is C22H25N3OS. The van der Waals surface area contributed by atoms with Crippen LogP contribution in [-0.4, -0.2) is 46.5 Å². The molecule has 1 aliphatic rings. The van der Waals surface area contributed by atoms with E-state index in [-0.39, 0.29) is 11.9 Å². The number of piperazine rings is 1. The zero-order chi connectivity index (χ0) is 18.5. The van der Waals surface area contributed by atoms with Gasteiger partial charge in [-0.05, 0) is 40.1 Å². The molecule has 3 aromatic rings. The smallest absolute Gasteiger partial charge is 0.225 e. The first kappa shape index (κ1) is 18.0. The van der Waals surface area contributed by atoms with Gasteiger partial charge in [0.1, 0.15) is 0 Å². The molecule has 0 aliphatic carbocycles. The van der Waals surface area contributed by atoms with Crippen molar-refractivity contribution in [2.24, 2.45) is 0 Å². The van der Waals surface area contributed by atoms with Gasteiger partial charge in [0.05, 0.1) is 12.5 Å². The van der Waals surface area contributed by atoms with E-state index in [4.69, 9.17) is 0 Å². The maximum atomic E-state index is 13.0. The van der Waals surface area contributed by atoms with Crippen LogP contribution in [-0.2, 0) is 11.3 Å². The number of benzene rings is 1. The van der Waals surface area contributed by atoms with E-state index in [1.807, 2.05) is 29.4 Å². The lowest BCUT2D eigenvalue weighted by molar-refractivity contribution is -0.133. The summed E-state index contributed by atoms with van der Waals surface area (Å²) in [7, 11) is 0. The van der Waals surface area contributed by atoms with E-state index in [1.54, 1.807) is 11.3 Å². The van der Waals surface area contributed by atoms with Crippen molar-refractivity contribution < 1.29 is 4.79 Å². The molecule has 1 aromatic carbocycles. The number of hydrogen-bond donors (Lipinski definition) is 0. The molecule has 4 rings (SSSR count). The summed E-state index contributed by atoms with van der Waals surface area (Å²) in [6.07, 6.45) is 4.62. The molecule has 3 heterocycles. The van der Waals surface area contributed by atoms with Crippen molar-refractivity contribution in [1.82, 2.24) is 14.4 Å². The highest BCUT2D eigenvalue weighted by atomic mass is 32.1. The number of hydrogen-bond acceptors (Lipinski definition) is 3. The summed E-state index contributed by atoms with van der Waals surface area (Å²) in [5.74, 6) is 0.249. The van der Waals surface area contributed by atoms with Crippen LogP contribution in [0.2, 0.25) is 0 Å². The summed E-state index contributed by atoms with van der Waals surface area (Å²) in [4.78, 5) is 17.4. The average molecular weight is 380 g/mol. The summed E-state index contributed by atoms with van der Waals surface area (Å²) < 4.78 is 2.14. The highest BCUT2D eigenvalue weighted by molar-refractivity contribution is 7.08. The van der Waals surface area contributed by atoms with Gasteiger partial charge >= 0.3 is 0 Å². The summed E-state index contributed by atoms with van der Waals surface area (Å²) >= 11 is 1.68. The Labute approximate surface area is 164 Å². The van der Waals surface area contributed by atoms with Gasteiger partial charge in [-0.15, -0.1) is 0 Å². The van der Waals surface area contributed by atoms with Gasteiger partial charge in [0.2, 0.25) is 5.91 Å². The lowest BCUT2D eigenvalue weighted by Crippen LogP contribution is -2.48. The van der Waals surface area contributed by atoms with Crippen molar-refractivity contribution in [3.63, 3.8) is 0 Å². The van der Waals surface area contributed by atoms with Crippen LogP contribution in [0.1, 0.15) is 23.6 Å². The van der Waals surface area contributed by atoms with Crippen LogP contribution in [0, 0.1) is 0 Å². The van der Waals surface area contributed by atoms with E-state index < -0.39 is 0 Å². The predicted molar refractivity (Wildman–Crippen MR) is 110 cm³/mol. The van der Waals surface area contributed by atoms with Crippen LogP contribution >= 0.6 is 11.3 Å². The molecule has 4 nitrogen and oxygen atoms in total. The van der Waals surface area contributed by atoms with Crippen molar-refractivity contribution in [2.45, 2.75) is 19.0 Å². The molecule has 0 radical (unpaired) electrons. The van der Waals surface area contributed by atoms with Crippen molar-refractivity contribution in [1.29, 1.82) is 0 Å². The van der Waals surface area contributed by atoms with Crippen LogP contribution in [0.5, 0.6) is 0 Å². The number of nitrogens with zero attached hydrogens (tertiary/aromatic N) is 3. The van der Waals surface area contributed by atoms with Gasteiger partial charge in [-0.25, -0.2) is 0 Å². The molecule has 1 aliphatic heterocycles. The average Bonchev–Trinajstić information content (AvgIpc) is 3.42. The van der Waals surface area contributed by atoms with Crippen molar-refractivity contribution >= 4 is 17.2 Å². The Morgan fingerprint density at radius 2 is 1.70 bits per heavy atom. The first-order valence-corrected chi connectivity index (χ1v) is 10.4. The van der Waals surface area contributed by atoms with Gasteiger partial charge in [-0.2, -0.15) is 11.3 Å². The summed E-state index contributed by atoms with van der Waals surface area (Å²) in [6, 6.07) is 16.8. The molecule has 1 saturated heterocycles. The van der Waals surface area contributed by atoms with E-state index >= 15 is 0 Å². The number of carbonyl (C=O) groups is 1. The van der Waals surface area contributed by atoms with E-state index in [0.717, 1.165) is 32.7 Å². The third-order valence-corrected chi connectivity index (χ3v) is 5.96. The minimum absolute atomic E-state index is 0.0844. The van der Waals surface area contributed by atoms with Gasteiger partial charge < -0.3 is 9.47 Å². The van der Waals surface area contributed by atoms with Crippen LogP contribution in [0.15, 0.2) is 71.7 Å². The molecule has 0 spiro atoms. The molecule has 0 saturated carbocycles. The fraction of sp³-hybridized carbons (Fsp3) is 0.318. The minimum Gasteiger partial charge on any atom is -0.346 e. The zero-order valence-corrected chi connectivity index (χ0v) is 16.2. The molecule has 1 atom stereocenters. The van der Waals surface area contributed by atoms with Crippen molar-refractivity contribution in [3.8, 4) is 0 Å². The Kier molecular flexibility index (Phi) is 5.70. The molecule has 2 aromatic heterocycles. The predicted octanol–water partition coefficient (Wildman–Crippen LogP) is 3.87. The van der Waals surface area contributed by atoms with E-state index in [0.29, 0.717) is 6.42 Å². The van der Waals surface area contributed by atoms with Gasteiger partial charge in [-0.3, -0.25) is 9.69 Å². The van der Waals surface area contributed by atoms with Crippen LogP contribution in [0.3, 0.4) is 0 Å². The number of rotatable bonds is 6. The molecule has 5 heteroatoms. The third kappa shape index (κ3) is 4.49. The minimum atomic E-state index is 0.0844. The van der Waals surface area contributed by atoms with E-state index in [1.165, 1.54) is 11.1 Å². The lowest BCUT2D eigenvalue weighted by atomic mass is 10.1. The summed E-state index contributed by atoms with van der Waals surface area (Å²) in [5.41, 5.74) is 2.55. The van der Waals surface area contributed by atoms with Crippen molar-refractivity contribution in [2.75, 3.05) is 26.2 Å². The van der Waals surface area contributed by atoms with Crippen LogP contribution in [0.4, 0.5) is 0 Å². The van der Waals surface area contributed by atoms with Crippen LogP contribution in [0.25, 0.3) is 0 Å². The largest absolute Gasteiger partial charge is 0.346 e. The number of thiophene rings is 1. The van der Waals surface area contributed by atoms with Gasteiger partial charge in [0, 0.05) is 45.1 Å². The lowest BCUT2D eigenvalue weighted by Gasteiger charge is -2.35. The quantitative estimate of drug-likeness (QED) is 0.650. The Morgan fingerprint density at radius 3 is 2.37 bits per heavy atom. The summed E-state index contributed by atoms with van der Waals surface area (Å²) in [5, 5.41) is 4.23. The second-order valence-corrected chi connectivity index (χ2v) is 7.83. The number of amides is 1. The monoisotopic (exact) mass is 379 g/mol. The highest BCUT2D eigenvalue weighted by Crippen LogP contribution is 2.25. The molecule has 140 valence electrons. The molecule has 1 amide bonds. The second kappa shape index (κ2) is 8.55. The molecular weight excluding hydrogens is 354 g/mol. The van der Waals surface area contributed by atoms with Gasteiger partial charge in [0.15, 0.2) is 0 Å². The maximum absolute atomic E-state index is 13.0. The maximum Gasteiger partial charge on any atom is 0.225 e. The molecule has 0 N–H and O–H groups in total. The van der Waals surface area contributed by atoms with Crippen molar-refractivity contribution in [3.05, 3.63) is 82.8 Å². The Balaban J connectivity index is 1.35. The normalized spacial score (nSPS) is 16.4. The SMILES string of the molecule is O=C(C[C@@H](c1ccsc1)n1cccc1)N1CCN(Cc2ccccc2)CC1. The molecule has 1 fully saturated rings. The third-order valence-electron chi connectivity index (χ3n) is 5.26. The number of carbonyl (C=O) groups excluding carboxylic acids is 1. The first-order valence-electron chi connectivity index (χ1n) is 9.48. The van der Waals surface area contributed by atoms with Crippen LogP contribution < -0.4 is 0 Å². The zero-order valence-electron chi connectivity index (χ0n) is 15.4. The Morgan fingerprint density at radius 1 is 0.963 bits per heavy atom. The van der Waals surface area contributed by atoms with Gasteiger partial charge in [0.25, 0.3) is 0 Å². The Hall–Kier alpha value is -2.37. The standard InChI is InChI=1S/C22H25N3OS/c26-22(16-21(20-8-15-27-18-20)24-9-4-5-10-24)25-13-11-23(12-14-25)17-19-6-2-1-3-7-19/h1-10,15,18,21H,11-14,16-17H2/t21-/m0/s1. The summed E-state index contributed by atoms with van der Waals surface area (Å²) in [6.45, 7) is 4.46. The fourth-order valence-electron chi connectivity index (χ4n) is 3.71. The topological polar surface area (TPSA) is 28.5 Å². The molecule has 0 unspecified atom stereocenters. The van der Waals surface area contributed by atoms with E-state index in [2.05, 4.69) is 56.6 Å². The molecule has 27 heavy (non-hydrogen) atoms. The van der Waals surface area contributed by atoms with Gasteiger partial charge in [-0.1, -0.05) is 30.3 Å². The van der Waals surface area contributed by atoms with E-state index in [9.17, 15) is 4.79 Å². The molecule has 0 bridgehead atoms. The first-order chi connectivity index (χ1) is 13.3. The second-order valence-electron chi connectivity index (χ2n) is 7.05. The number of aromatic nitrogens is 1. The fourth-order valence-corrected chi connectivity index (χ4v) is 4.41. The highest BCUT2D eigenvalue weighted by Gasteiger charge is 2.25.